The predicted molar refractivity (Wildman–Crippen MR) is 130 cm³/mol. The summed E-state index contributed by atoms with van der Waals surface area (Å²) in [4.78, 5) is 12.3. The van der Waals surface area contributed by atoms with Crippen LogP contribution in [0.5, 0.6) is 0 Å². The topological polar surface area (TPSA) is 78.8 Å². The third-order valence-electron chi connectivity index (χ3n) is 4.42. The molecule has 0 bridgehead atoms. The Labute approximate surface area is 201 Å². The first-order valence-corrected chi connectivity index (χ1v) is 12.2. The number of anilines is 1. The van der Waals surface area contributed by atoms with Crippen LogP contribution in [-0.4, -0.2) is 26.8 Å². The van der Waals surface area contributed by atoms with Crippen molar-refractivity contribution in [2.24, 2.45) is 5.10 Å². The van der Waals surface area contributed by atoms with Crippen LogP contribution >= 0.6 is 34.8 Å². The van der Waals surface area contributed by atoms with Gasteiger partial charge in [-0.25, -0.2) is 13.8 Å². The van der Waals surface area contributed by atoms with Crippen LogP contribution in [0.2, 0.25) is 15.1 Å². The summed E-state index contributed by atoms with van der Waals surface area (Å²) in [7, 11) is -3.64. The summed E-state index contributed by atoms with van der Waals surface area (Å²) >= 11 is 18.3. The molecule has 0 atom stereocenters. The second-order valence-corrected chi connectivity index (χ2v) is 9.86. The molecule has 166 valence electrons. The number of benzene rings is 3. The molecule has 6 nitrogen and oxygen atoms in total. The molecule has 0 aliphatic heterocycles. The van der Waals surface area contributed by atoms with Gasteiger partial charge in [0.05, 0.1) is 34.7 Å². The van der Waals surface area contributed by atoms with Gasteiger partial charge in [-0.2, -0.15) is 5.10 Å². The second-order valence-electron chi connectivity index (χ2n) is 6.76. The maximum Gasteiger partial charge on any atom is 0.271 e. The van der Waals surface area contributed by atoms with Crippen molar-refractivity contribution < 1.29 is 13.2 Å². The number of sulfonamides is 1. The van der Waals surface area contributed by atoms with Crippen LogP contribution < -0.4 is 9.73 Å². The molecule has 3 aromatic carbocycles. The highest BCUT2D eigenvalue weighted by atomic mass is 35.5. The smallest absolute Gasteiger partial charge is 0.267 e. The number of halogens is 3. The van der Waals surface area contributed by atoms with Crippen molar-refractivity contribution in [3.05, 3.63) is 98.5 Å². The van der Waals surface area contributed by atoms with Crippen molar-refractivity contribution >= 4 is 62.6 Å². The van der Waals surface area contributed by atoms with E-state index in [2.05, 4.69) is 10.5 Å². The molecule has 0 aliphatic carbocycles. The minimum Gasteiger partial charge on any atom is -0.267 e. The van der Waals surface area contributed by atoms with Crippen LogP contribution in [0, 0.1) is 0 Å². The molecule has 0 radical (unpaired) electrons. The summed E-state index contributed by atoms with van der Waals surface area (Å²) in [5.74, 6) is -0.419. The van der Waals surface area contributed by atoms with Gasteiger partial charge >= 0.3 is 0 Å². The van der Waals surface area contributed by atoms with Crippen molar-refractivity contribution in [3.63, 3.8) is 0 Å². The van der Waals surface area contributed by atoms with Crippen LogP contribution in [-0.2, 0) is 16.6 Å². The van der Waals surface area contributed by atoms with Crippen LogP contribution in [0.25, 0.3) is 0 Å². The molecule has 0 spiro atoms. The standard InChI is InChI=1S/C22H18Cl3N3O3S/c1-32(30,31)28(20-8-4-7-19(24)21(20)25)14-15-9-11-16(12-10-15)22(29)27-26-13-17-5-2-3-6-18(17)23/h2-13H,14H2,1H3,(H,27,29)/b26-13-. The number of rotatable bonds is 7. The number of carbonyl (C=O) groups excluding carboxylic acids is 1. The monoisotopic (exact) mass is 509 g/mol. The van der Waals surface area contributed by atoms with E-state index < -0.39 is 15.9 Å². The summed E-state index contributed by atoms with van der Waals surface area (Å²) in [5, 5.41) is 4.83. The average molecular weight is 511 g/mol. The predicted octanol–water partition coefficient (Wildman–Crippen LogP) is 5.38. The molecule has 0 unspecified atom stereocenters. The van der Waals surface area contributed by atoms with Gasteiger partial charge in [0.1, 0.15) is 0 Å². The van der Waals surface area contributed by atoms with E-state index in [1.54, 1.807) is 60.7 Å². The minimum atomic E-state index is -3.64. The number of nitrogens with one attached hydrogen (secondary N) is 1. The molecular formula is C22H18Cl3N3O3S. The van der Waals surface area contributed by atoms with Crippen LogP contribution in [0.1, 0.15) is 21.5 Å². The molecule has 0 saturated carbocycles. The summed E-state index contributed by atoms with van der Waals surface area (Å²) in [5.41, 5.74) is 4.39. The molecule has 3 aromatic rings. The lowest BCUT2D eigenvalue weighted by Gasteiger charge is -2.24. The van der Waals surface area contributed by atoms with Gasteiger partial charge < -0.3 is 0 Å². The van der Waals surface area contributed by atoms with Crippen LogP contribution in [0.15, 0.2) is 71.8 Å². The fourth-order valence-electron chi connectivity index (χ4n) is 2.80. The zero-order chi connectivity index (χ0) is 23.3. The van der Waals surface area contributed by atoms with E-state index in [1.807, 2.05) is 6.07 Å². The van der Waals surface area contributed by atoms with Crippen molar-refractivity contribution in [3.8, 4) is 0 Å². The molecule has 0 aromatic heterocycles. The lowest BCUT2D eigenvalue weighted by atomic mass is 10.1. The van der Waals surface area contributed by atoms with Crippen molar-refractivity contribution in [1.82, 2.24) is 5.43 Å². The number of hydrogen-bond acceptors (Lipinski definition) is 4. The highest BCUT2D eigenvalue weighted by molar-refractivity contribution is 7.92. The molecule has 0 fully saturated rings. The number of hydrazone groups is 1. The highest BCUT2D eigenvalue weighted by Crippen LogP contribution is 2.34. The van der Waals surface area contributed by atoms with Crippen LogP contribution in [0.4, 0.5) is 5.69 Å². The maximum absolute atomic E-state index is 12.4. The zero-order valence-corrected chi connectivity index (χ0v) is 19.9. The third kappa shape index (κ3) is 6.01. The molecule has 10 heteroatoms. The number of hydrogen-bond donors (Lipinski definition) is 1. The van der Waals surface area contributed by atoms with Gasteiger partial charge in [0.2, 0.25) is 10.0 Å². The Morgan fingerprint density at radius 3 is 2.28 bits per heavy atom. The minimum absolute atomic E-state index is 0.0193. The summed E-state index contributed by atoms with van der Waals surface area (Å²) in [6.45, 7) is 0.0193. The fourth-order valence-corrected chi connectivity index (χ4v) is 4.32. The van der Waals surface area contributed by atoms with E-state index in [0.29, 0.717) is 21.7 Å². The molecule has 0 heterocycles. The highest BCUT2D eigenvalue weighted by Gasteiger charge is 2.21. The Balaban J connectivity index is 1.73. The lowest BCUT2D eigenvalue weighted by Crippen LogP contribution is -2.29. The summed E-state index contributed by atoms with van der Waals surface area (Å²) < 4.78 is 25.9. The zero-order valence-electron chi connectivity index (χ0n) is 16.8. The fraction of sp³-hybridized carbons (Fsp3) is 0.0909. The van der Waals surface area contributed by atoms with E-state index in [4.69, 9.17) is 34.8 Å². The van der Waals surface area contributed by atoms with E-state index in [9.17, 15) is 13.2 Å². The van der Waals surface area contributed by atoms with Crippen molar-refractivity contribution in [2.45, 2.75) is 6.54 Å². The van der Waals surface area contributed by atoms with Gasteiger partial charge in [0.25, 0.3) is 5.91 Å². The Bertz CT molecular complexity index is 1260. The van der Waals surface area contributed by atoms with Gasteiger partial charge in [-0.1, -0.05) is 71.2 Å². The first-order valence-electron chi connectivity index (χ1n) is 9.25. The van der Waals surface area contributed by atoms with Gasteiger partial charge in [0.15, 0.2) is 0 Å². The van der Waals surface area contributed by atoms with Gasteiger partial charge in [-0.05, 0) is 35.9 Å². The van der Waals surface area contributed by atoms with E-state index in [0.717, 1.165) is 10.6 Å². The largest absolute Gasteiger partial charge is 0.271 e. The third-order valence-corrected chi connectivity index (χ3v) is 6.70. The van der Waals surface area contributed by atoms with Crippen molar-refractivity contribution in [2.75, 3.05) is 10.6 Å². The number of amides is 1. The van der Waals surface area contributed by atoms with E-state index >= 15 is 0 Å². The van der Waals surface area contributed by atoms with Gasteiger partial charge in [-0.15, -0.1) is 0 Å². The lowest BCUT2D eigenvalue weighted by molar-refractivity contribution is 0.0955. The molecular weight excluding hydrogens is 493 g/mol. The molecule has 0 saturated heterocycles. The molecule has 3 rings (SSSR count). The molecule has 32 heavy (non-hydrogen) atoms. The molecule has 1 amide bonds. The number of carbonyl (C=O) groups is 1. The summed E-state index contributed by atoms with van der Waals surface area (Å²) in [6, 6.07) is 18.3. The van der Waals surface area contributed by atoms with E-state index in [1.165, 1.54) is 6.21 Å². The second kappa shape index (κ2) is 10.4. The molecule has 1 N–H and O–H groups in total. The average Bonchev–Trinajstić information content (AvgIpc) is 2.75. The normalized spacial score (nSPS) is 11.5. The quantitative estimate of drug-likeness (QED) is 0.342. The Morgan fingerprint density at radius 1 is 0.969 bits per heavy atom. The first-order chi connectivity index (χ1) is 15.2. The SMILES string of the molecule is CS(=O)(=O)N(Cc1ccc(C(=O)N/N=C\c2ccccc2Cl)cc1)c1cccc(Cl)c1Cl. The van der Waals surface area contributed by atoms with Gasteiger partial charge in [0, 0.05) is 16.1 Å². The Hall–Kier alpha value is -2.58. The Kier molecular flexibility index (Phi) is 7.79. The van der Waals surface area contributed by atoms with Crippen molar-refractivity contribution in [1.29, 1.82) is 0 Å². The van der Waals surface area contributed by atoms with Gasteiger partial charge in [-0.3, -0.25) is 9.10 Å². The van der Waals surface area contributed by atoms with Crippen LogP contribution in [0.3, 0.4) is 0 Å². The Morgan fingerprint density at radius 2 is 1.62 bits per heavy atom. The van der Waals surface area contributed by atoms with E-state index in [-0.39, 0.29) is 22.3 Å². The first kappa shape index (κ1) is 24.1. The molecule has 0 aliphatic rings. The maximum atomic E-state index is 12.4. The number of nitrogens with zero attached hydrogens (tertiary/aromatic N) is 2. The summed E-state index contributed by atoms with van der Waals surface area (Å²) in [6.07, 6.45) is 2.54.